The Labute approximate surface area is 160 Å². The molecule has 1 fully saturated rings. The van der Waals surface area contributed by atoms with E-state index in [4.69, 9.17) is 14.2 Å². The summed E-state index contributed by atoms with van der Waals surface area (Å²) in [7, 11) is 1.80. The van der Waals surface area contributed by atoms with Gasteiger partial charge in [0.1, 0.15) is 0 Å². The van der Waals surface area contributed by atoms with Crippen molar-refractivity contribution >= 4 is 5.96 Å². The Bertz CT molecular complexity index is 347. The van der Waals surface area contributed by atoms with Crippen molar-refractivity contribution < 1.29 is 14.2 Å². The van der Waals surface area contributed by atoms with E-state index in [1.54, 1.807) is 7.05 Å². The third-order valence-electron chi connectivity index (χ3n) is 4.80. The average Bonchev–Trinajstić information content (AvgIpc) is 3.19. The summed E-state index contributed by atoms with van der Waals surface area (Å²) < 4.78 is 17.0. The van der Waals surface area contributed by atoms with Crippen molar-refractivity contribution in [1.29, 1.82) is 0 Å². The molecular formula is C20H41N3O3. The zero-order chi connectivity index (χ0) is 18.9. The van der Waals surface area contributed by atoms with Gasteiger partial charge >= 0.3 is 0 Å². The van der Waals surface area contributed by atoms with Crippen molar-refractivity contribution in [3.05, 3.63) is 0 Å². The van der Waals surface area contributed by atoms with E-state index in [-0.39, 0.29) is 0 Å². The normalized spacial score (nSPS) is 16.8. The Morgan fingerprint density at radius 2 is 1.69 bits per heavy atom. The smallest absolute Gasteiger partial charge is 0.191 e. The second-order valence-electron chi connectivity index (χ2n) is 6.83. The molecule has 6 heteroatoms. The van der Waals surface area contributed by atoms with Crippen LogP contribution >= 0.6 is 0 Å². The van der Waals surface area contributed by atoms with E-state index in [1.807, 2.05) is 0 Å². The highest BCUT2D eigenvalue weighted by Gasteiger charge is 2.24. The highest BCUT2D eigenvalue weighted by Crippen LogP contribution is 2.30. The van der Waals surface area contributed by atoms with Crippen LogP contribution in [0.5, 0.6) is 0 Å². The number of nitrogens with one attached hydrogen (secondary N) is 2. The quantitative estimate of drug-likeness (QED) is 0.263. The Morgan fingerprint density at radius 1 is 1.00 bits per heavy atom. The lowest BCUT2D eigenvalue weighted by Gasteiger charge is -2.24. The monoisotopic (exact) mass is 371 g/mol. The molecule has 0 spiro atoms. The third-order valence-corrected chi connectivity index (χ3v) is 4.80. The van der Waals surface area contributed by atoms with E-state index in [0.717, 1.165) is 51.0 Å². The summed E-state index contributed by atoms with van der Waals surface area (Å²) in [6, 6.07) is 0. The lowest BCUT2D eigenvalue weighted by Crippen LogP contribution is -2.40. The highest BCUT2D eigenvalue weighted by atomic mass is 16.5. The van der Waals surface area contributed by atoms with Gasteiger partial charge in [0, 0.05) is 33.4 Å². The van der Waals surface area contributed by atoms with Crippen LogP contribution in [-0.2, 0) is 14.2 Å². The molecule has 0 bridgehead atoms. The summed E-state index contributed by atoms with van der Waals surface area (Å²) in [4.78, 5) is 4.27. The molecule has 1 aliphatic carbocycles. The Balaban J connectivity index is 2.05. The van der Waals surface area contributed by atoms with Gasteiger partial charge < -0.3 is 24.8 Å². The molecule has 6 nitrogen and oxygen atoms in total. The van der Waals surface area contributed by atoms with Gasteiger partial charge in [0.2, 0.25) is 0 Å². The van der Waals surface area contributed by atoms with Gasteiger partial charge in [-0.05, 0) is 38.5 Å². The van der Waals surface area contributed by atoms with Crippen LogP contribution in [0.4, 0.5) is 0 Å². The molecule has 1 atom stereocenters. The molecule has 1 rings (SSSR count). The zero-order valence-corrected chi connectivity index (χ0v) is 17.2. The van der Waals surface area contributed by atoms with Crippen molar-refractivity contribution in [3.8, 4) is 0 Å². The van der Waals surface area contributed by atoms with Crippen molar-refractivity contribution in [2.75, 3.05) is 53.2 Å². The summed E-state index contributed by atoms with van der Waals surface area (Å²) in [5, 5.41) is 6.67. The van der Waals surface area contributed by atoms with Crippen LogP contribution in [0.3, 0.4) is 0 Å². The van der Waals surface area contributed by atoms with Crippen LogP contribution < -0.4 is 10.6 Å². The lowest BCUT2D eigenvalue weighted by molar-refractivity contribution is 0.0169. The SMILES string of the molecule is CCCCOCCOCCNC(=NC)NCCC(OCC)C1CCCC1. The predicted octanol–water partition coefficient (Wildman–Crippen LogP) is 2.97. The summed E-state index contributed by atoms with van der Waals surface area (Å²) in [5.74, 6) is 1.56. The first-order valence-corrected chi connectivity index (χ1v) is 10.5. The van der Waals surface area contributed by atoms with Crippen LogP contribution in [0.1, 0.15) is 58.8 Å². The molecule has 0 saturated heterocycles. The highest BCUT2D eigenvalue weighted by molar-refractivity contribution is 5.79. The minimum Gasteiger partial charge on any atom is -0.379 e. The number of hydrogen-bond donors (Lipinski definition) is 2. The molecule has 154 valence electrons. The topological polar surface area (TPSA) is 64.1 Å². The fourth-order valence-electron chi connectivity index (χ4n) is 3.36. The van der Waals surface area contributed by atoms with Gasteiger partial charge in [0.25, 0.3) is 0 Å². The van der Waals surface area contributed by atoms with Crippen molar-refractivity contribution in [3.63, 3.8) is 0 Å². The predicted molar refractivity (Wildman–Crippen MR) is 108 cm³/mol. The van der Waals surface area contributed by atoms with Crippen molar-refractivity contribution in [1.82, 2.24) is 10.6 Å². The molecule has 0 amide bonds. The second-order valence-corrected chi connectivity index (χ2v) is 6.83. The third kappa shape index (κ3) is 11.0. The lowest BCUT2D eigenvalue weighted by atomic mass is 9.98. The van der Waals surface area contributed by atoms with Gasteiger partial charge in [-0.3, -0.25) is 4.99 Å². The van der Waals surface area contributed by atoms with E-state index in [1.165, 1.54) is 32.1 Å². The number of rotatable bonds is 15. The number of ether oxygens (including phenoxy) is 3. The van der Waals surface area contributed by atoms with Crippen molar-refractivity contribution in [2.24, 2.45) is 10.9 Å². The summed E-state index contributed by atoms with van der Waals surface area (Å²) in [6.45, 7) is 9.48. The molecule has 0 aromatic heterocycles. The fraction of sp³-hybridized carbons (Fsp3) is 0.950. The molecule has 26 heavy (non-hydrogen) atoms. The van der Waals surface area contributed by atoms with E-state index in [9.17, 15) is 0 Å². The van der Waals surface area contributed by atoms with Crippen LogP contribution in [0.25, 0.3) is 0 Å². The van der Waals surface area contributed by atoms with Gasteiger partial charge in [-0.2, -0.15) is 0 Å². The van der Waals surface area contributed by atoms with Gasteiger partial charge in [-0.25, -0.2) is 0 Å². The summed E-state index contributed by atoms with van der Waals surface area (Å²) in [6.07, 6.45) is 9.04. The zero-order valence-electron chi connectivity index (χ0n) is 17.2. The summed E-state index contributed by atoms with van der Waals surface area (Å²) in [5.41, 5.74) is 0. The number of unbranched alkanes of at least 4 members (excludes halogenated alkanes) is 1. The molecule has 0 heterocycles. The number of nitrogens with zero attached hydrogens (tertiary/aromatic N) is 1. The standard InChI is InChI=1S/C20H41N3O3/c1-4-6-14-24-16-17-25-15-13-23-20(21-3)22-12-11-19(26-5-2)18-9-7-8-10-18/h18-19H,4-17H2,1-3H3,(H2,21,22,23). The Hall–Kier alpha value is -0.850. The fourth-order valence-corrected chi connectivity index (χ4v) is 3.36. The van der Waals surface area contributed by atoms with Crippen LogP contribution in [0, 0.1) is 5.92 Å². The van der Waals surface area contributed by atoms with Crippen LogP contribution in [0.2, 0.25) is 0 Å². The average molecular weight is 372 g/mol. The van der Waals surface area contributed by atoms with Crippen molar-refractivity contribution in [2.45, 2.75) is 64.9 Å². The van der Waals surface area contributed by atoms with Crippen LogP contribution in [0.15, 0.2) is 4.99 Å². The molecule has 1 unspecified atom stereocenters. The minimum absolute atomic E-state index is 0.379. The maximum Gasteiger partial charge on any atom is 0.191 e. The first-order valence-electron chi connectivity index (χ1n) is 10.5. The number of aliphatic imine (C=N–C) groups is 1. The Kier molecular flexibility index (Phi) is 14.6. The molecule has 0 radical (unpaired) electrons. The van der Waals surface area contributed by atoms with Gasteiger partial charge in [-0.1, -0.05) is 26.2 Å². The molecule has 0 aromatic carbocycles. The van der Waals surface area contributed by atoms with E-state index in [0.29, 0.717) is 25.9 Å². The molecule has 0 aliphatic heterocycles. The first-order chi connectivity index (χ1) is 12.8. The van der Waals surface area contributed by atoms with Gasteiger partial charge in [0.15, 0.2) is 5.96 Å². The first kappa shape index (κ1) is 23.2. The molecule has 1 saturated carbocycles. The molecule has 1 aliphatic rings. The van der Waals surface area contributed by atoms with Gasteiger partial charge in [-0.15, -0.1) is 0 Å². The molecular weight excluding hydrogens is 330 g/mol. The molecule has 2 N–H and O–H groups in total. The van der Waals surface area contributed by atoms with Gasteiger partial charge in [0.05, 0.1) is 25.9 Å². The van der Waals surface area contributed by atoms with Crippen LogP contribution in [-0.4, -0.2) is 65.2 Å². The summed E-state index contributed by atoms with van der Waals surface area (Å²) >= 11 is 0. The molecule has 0 aromatic rings. The largest absolute Gasteiger partial charge is 0.379 e. The van der Waals surface area contributed by atoms with E-state index >= 15 is 0 Å². The van der Waals surface area contributed by atoms with E-state index < -0.39 is 0 Å². The van der Waals surface area contributed by atoms with E-state index in [2.05, 4.69) is 29.5 Å². The second kappa shape index (κ2) is 16.3. The maximum absolute atomic E-state index is 5.97. The number of hydrogen-bond acceptors (Lipinski definition) is 4. The maximum atomic E-state index is 5.97. The number of guanidine groups is 1. The minimum atomic E-state index is 0.379. The Morgan fingerprint density at radius 3 is 2.35 bits per heavy atom.